The van der Waals surface area contributed by atoms with Crippen molar-refractivity contribution in [2.75, 3.05) is 19.1 Å². The summed E-state index contributed by atoms with van der Waals surface area (Å²) < 4.78 is 9.92. The van der Waals surface area contributed by atoms with Gasteiger partial charge in [0.05, 0.1) is 25.8 Å². The third-order valence-electron chi connectivity index (χ3n) is 5.33. The van der Waals surface area contributed by atoms with E-state index in [9.17, 15) is 19.2 Å². The number of amides is 1. The van der Waals surface area contributed by atoms with Gasteiger partial charge in [-0.25, -0.2) is 4.79 Å². The predicted octanol–water partition coefficient (Wildman–Crippen LogP) is 2.80. The number of aryl methyl sites for hydroxylation is 1. The summed E-state index contributed by atoms with van der Waals surface area (Å²) in [6.07, 6.45) is 0. The lowest BCUT2D eigenvalue weighted by atomic mass is 9.86. The fourth-order valence-electron chi connectivity index (χ4n) is 3.77. The zero-order valence-corrected chi connectivity index (χ0v) is 18.8. The van der Waals surface area contributed by atoms with Gasteiger partial charge < -0.3 is 9.47 Å². The molecule has 2 aromatic carbocycles. The van der Waals surface area contributed by atoms with E-state index in [0.717, 1.165) is 11.3 Å². The SMILES string of the molecule is COC(=O)c1cccc(C2C(C(=O)c3ccc(OC)cc3)C(=O)C(=O)N2c2nnc(C)s2)c1. The molecule has 1 aromatic heterocycles. The number of nitrogens with zero attached hydrogens (tertiary/aromatic N) is 3. The van der Waals surface area contributed by atoms with Gasteiger partial charge in [-0.1, -0.05) is 23.5 Å². The van der Waals surface area contributed by atoms with Crippen molar-refractivity contribution in [2.45, 2.75) is 13.0 Å². The molecule has 0 N–H and O–H groups in total. The Morgan fingerprint density at radius 1 is 1.00 bits per heavy atom. The lowest BCUT2D eigenvalue weighted by Gasteiger charge is -2.25. The maximum atomic E-state index is 13.5. The zero-order valence-electron chi connectivity index (χ0n) is 18.0. The highest BCUT2D eigenvalue weighted by atomic mass is 32.1. The van der Waals surface area contributed by atoms with Gasteiger partial charge in [-0.05, 0) is 48.9 Å². The summed E-state index contributed by atoms with van der Waals surface area (Å²) in [5.74, 6) is -3.59. The van der Waals surface area contributed by atoms with E-state index in [0.29, 0.717) is 16.3 Å². The van der Waals surface area contributed by atoms with Crippen LogP contribution in [0.5, 0.6) is 5.75 Å². The Labute approximate surface area is 193 Å². The van der Waals surface area contributed by atoms with Crippen molar-refractivity contribution in [2.24, 2.45) is 5.92 Å². The molecular formula is C23H19N3O6S. The minimum absolute atomic E-state index is 0.198. The van der Waals surface area contributed by atoms with E-state index in [1.165, 1.54) is 25.2 Å². The second-order valence-corrected chi connectivity index (χ2v) is 8.44. The van der Waals surface area contributed by atoms with E-state index in [1.807, 2.05) is 0 Å². The second kappa shape index (κ2) is 8.91. The zero-order chi connectivity index (χ0) is 23.7. The lowest BCUT2D eigenvalue weighted by Crippen LogP contribution is -2.30. The van der Waals surface area contributed by atoms with Crippen molar-refractivity contribution in [3.8, 4) is 5.75 Å². The molecule has 1 aliphatic heterocycles. The van der Waals surface area contributed by atoms with Crippen molar-refractivity contribution in [1.82, 2.24) is 10.2 Å². The van der Waals surface area contributed by atoms with Gasteiger partial charge in [0, 0.05) is 5.56 Å². The van der Waals surface area contributed by atoms with Crippen molar-refractivity contribution in [3.05, 3.63) is 70.2 Å². The maximum absolute atomic E-state index is 13.5. The summed E-state index contributed by atoms with van der Waals surface area (Å²) in [4.78, 5) is 53.0. The molecule has 1 amide bonds. The fourth-order valence-corrected chi connectivity index (χ4v) is 4.49. The number of hydrogen-bond acceptors (Lipinski definition) is 9. The normalized spacial score (nSPS) is 17.8. The molecule has 9 nitrogen and oxygen atoms in total. The van der Waals surface area contributed by atoms with Crippen molar-refractivity contribution < 1.29 is 28.7 Å². The molecular weight excluding hydrogens is 446 g/mol. The molecule has 1 fully saturated rings. The van der Waals surface area contributed by atoms with Crippen LogP contribution in [-0.4, -0.2) is 47.9 Å². The number of carbonyl (C=O) groups excluding carboxylic acids is 4. The van der Waals surface area contributed by atoms with Gasteiger partial charge in [0.25, 0.3) is 5.91 Å². The Morgan fingerprint density at radius 3 is 2.33 bits per heavy atom. The Balaban J connectivity index is 1.84. The summed E-state index contributed by atoms with van der Waals surface area (Å²) in [7, 11) is 2.76. The Bertz CT molecular complexity index is 1250. The number of ether oxygens (including phenoxy) is 2. The molecule has 1 saturated heterocycles. The van der Waals surface area contributed by atoms with E-state index >= 15 is 0 Å². The maximum Gasteiger partial charge on any atom is 0.337 e. The molecule has 33 heavy (non-hydrogen) atoms. The summed E-state index contributed by atoms with van der Waals surface area (Å²) in [5, 5.41) is 8.76. The third-order valence-corrected chi connectivity index (χ3v) is 6.17. The average Bonchev–Trinajstić information content (AvgIpc) is 3.38. The molecule has 2 unspecified atom stereocenters. The number of ketones is 2. The number of aromatic nitrogens is 2. The van der Waals surface area contributed by atoms with Gasteiger partial charge >= 0.3 is 5.97 Å². The van der Waals surface area contributed by atoms with Crippen LogP contribution in [-0.2, 0) is 14.3 Å². The van der Waals surface area contributed by atoms with Gasteiger partial charge in [-0.3, -0.25) is 19.3 Å². The third kappa shape index (κ3) is 4.00. The molecule has 2 atom stereocenters. The number of rotatable bonds is 6. The molecule has 2 heterocycles. The summed E-state index contributed by atoms with van der Waals surface area (Å²) in [5.41, 5.74) is 0.911. The molecule has 10 heteroatoms. The molecule has 168 valence electrons. The lowest BCUT2D eigenvalue weighted by molar-refractivity contribution is -0.135. The number of hydrogen-bond donors (Lipinski definition) is 0. The van der Waals surface area contributed by atoms with E-state index < -0.39 is 35.4 Å². The van der Waals surface area contributed by atoms with E-state index in [2.05, 4.69) is 10.2 Å². The van der Waals surface area contributed by atoms with Crippen molar-refractivity contribution >= 4 is 39.9 Å². The Morgan fingerprint density at radius 2 is 1.73 bits per heavy atom. The van der Waals surface area contributed by atoms with Crippen molar-refractivity contribution in [1.29, 1.82) is 0 Å². The number of methoxy groups -OCH3 is 2. The minimum atomic E-state index is -1.33. The average molecular weight is 465 g/mol. The molecule has 0 bridgehead atoms. The first-order chi connectivity index (χ1) is 15.8. The first kappa shape index (κ1) is 22.3. The molecule has 4 rings (SSSR count). The highest BCUT2D eigenvalue weighted by Gasteiger charge is 2.53. The van der Waals surface area contributed by atoms with Crippen LogP contribution in [0.25, 0.3) is 0 Å². The van der Waals surface area contributed by atoms with Gasteiger partial charge in [0.15, 0.2) is 5.78 Å². The molecule has 0 saturated carbocycles. The van der Waals surface area contributed by atoms with E-state index in [1.54, 1.807) is 49.4 Å². The van der Waals surface area contributed by atoms with E-state index in [-0.39, 0.29) is 16.3 Å². The molecule has 3 aromatic rings. The first-order valence-corrected chi connectivity index (χ1v) is 10.7. The minimum Gasteiger partial charge on any atom is -0.497 e. The Hall–Kier alpha value is -3.92. The van der Waals surface area contributed by atoms with Crippen LogP contribution < -0.4 is 9.64 Å². The largest absolute Gasteiger partial charge is 0.497 e. The van der Waals surface area contributed by atoms with Gasteiger partial charge in [0.1, 0.15) is 16.7 Å². The highest BCUT2D eigenvalue weighted by molar-refractivity contribution is 7.15. The molecule has 0 radical (unpaired) electrons. The van der Waals surface area contributed by atoms with Crippen molar-refractivity contribution in [3.63, 3.8) is 0 Å². The number of esters is 1. The van der Waals surface area contributed by atoms with Gasteiger partial charge in [-0.2, -0.15) is 0 Å². The number of carbonyl (C=O) groups is 4. The van der Waals surface area contributed by atoms with Crippen LogP contribution in [0.15, 0.2) is 48.5 Å². The molecule has 1 aliphatic rings. The standard InChI is InChI=1S/C23H19N3O6S/c1-12-24-25-23(33-12)26-18(14-5-4-6-15(11-14)22(30)32-3)17(20(28)21(26)29)19(27)13-7-9-16(31-2)10-8-13/h4-11,17-18H,1-3H3. The topological polar surface area (TPSA) is 116 Å². The van der Waals surface area contributed by atoms with E-state index in [4.69, 9.17) is 9.47 Å². The summed E-state index contributed by atoms with van der Waals surface area (Å²) in [6.45, 7) is 1.72. The predicted molar refractivity (Wildman–Crippen MR) is 118 cm³/mol. The summed E-state index contributed by atoms with van der Waals surface area (Å²) in [6, 6.07) is 11.6. The van der Waals surface area contributed by atoms with Crippen LogP contribution in [0.4, 0.5) is 5.13 Å². The van der Waals surface area contributed by atoms with Crippen LogP contribution in [0, 0.1) is 12.8 Å². The number of anilines is 1. The van der Waals surface area contributed by atoms with Crippen LogP contribution in [0.3, 0.4) is 0 Å². The number of Topliss-reactive ketones (excluding diaryl/α,β-unsaturated/α-hetero) is 2. The van der Waals surface area contributed by atoms with Gasteiger partial charge in [0.2, 0.25) is 10.9 Å². The first-order valence-electron chi connectivity index (χ1n) is 9.89. The smallest absolute Gasteiger partial charge is 0.337 e. The second-order valence-electron chi connectivity index (χ2n) is 7.28. The number of benzene rings is 2. The Kier molecular flexibility index (Phi) is 6.01. The monoisotopic (exact) mass is 465 g/mol. The van der Waals surface area contributed by atoms with Crippen LogP contribution in [0.1, 0.15) is 37.3 Å². The molecule has 0 aliphatic carbocycles. The summed E-state index contributed by atoms with van der Waals surface area (Å²) >= 11 is 1.13. The highest BCUT2D eigenvalue weighted by Crippen LogP contribution is 2.42. The fraction of sp³-hybridized carbons (Fsp3) is 0.217. The van der Waals surface area contributed by atoms with Crippen LogP contribution >= 0.6 is 11.3 Å². The van der Waals surface area contributed by atoms with Crippen LogP contribution in [0.2, 0.25) is 0 Å². The quantitative estimate of drug-likeness (QED) is 0.236. The molecule has 0 spiro atoms. The van der Waals surface area contributed by atoms with Gasteiger partial charge in [-0.15, -0.1) is 10.2 Å².